The van der Waals surface area contributed by atoms with E-state index < -0.39 is 0 Å². The van der Waals surface area contributed by atoms with Gasteiger partial charge >= 0.3 is 0 Å². The number of aliphatic imine (C=N–C) groups is 1. The van der Waals surface area contributed by atoms with Gasteiger partial charge in [0, 0.05) is 37.6 Å². The summed E-state index contributed by atoms with van der Waals surface area (Å²) in [6, 6.07) is 9.31. The number of rotatable bonds is 5. The number of aromatic nitrogens is 1. The molecule has 27 heavy (non-hydrogen) atoms. The largest absolute Gasteiger partial charge is 0.354 e. The first-order valence-corrected chi connectivity index (χ1v) is 10.5. The van der Waals surface area contributed by atoms with Gasteiger partial charge in [0.2, 0.25) is 0 Å². The molecule has 5 nitrogen and oxygen atoms in total. The molecule has 1 aliphatic heterocycles. The average molecular weight is 386 g/mol. The van der Waals surface area contributed by atoms with Gasteiger partial charge in [-0.1, -0.05) is 29.8 Å². The molecule has 1 aromatic carbocycles. The van der Waals surface area contributed by atoms with Crippen LogP contribution in [0.15, 0.2) is 29.3 Å². The molecule has 0 bridgehead atoms. The summed E-state index contributed by atoms with van der Waals surface area (Å²) in [5.41, 5.74) is 3.87. The molecule has 2 aromatic rings. The maximum Gasteiger partial charge on any atom is 0.191 e. The minimum Gasteiger partial charge on any atom is -0.354 e. The number of nitrogens with zero attached hydrogens (tertiary/aromatic N) is 3. The summed E-state index contributed by atoms with van der Waals surface area (Å²) in [4.78, 5) is 12.8. The van der Waals surface area contributed by atoms with Crippen molar-refractivity contribution in [3.05, 3.63) is 51.0 Å². The van der Waals surface area contributed by atoms with Gasteiger partial charge in [-0.2, -0.15) is 0 Å². The number of likely N-dealkylation sites (tertiary alicyclic amines) is 1. The van der Waals surface area contributed by atoms with Crippen LogP contribution < -0.4 is 10.6 Å². The monoisotopic (exact) mass is 385 g/mol. The van der Waals surface area contributed by atoms with E-state index in [0.29, 0.717) is 6.04 Å². The minimum atomic E-state index is 0.477. The second-order valence-corrected chi connectivity index (χ2v) is 8.65. The van der Waals surface area contributed by atoms with Crippen molar-refractivity contribution in [3.8, 4) is 0 Å². The van der Waals surface area contributed by atoms with Crippen LogP contribution in [0.1, 0.15) is 39.5 Å². The van der Waals surface area contributed by atoms with Gasteiger partial charge in [-0.25, -0.2) is 4.98 Å². The molecule has 1 saturated heterocycles. The van der Waals surface area contributed by atoms with Gasteiger partial charge in [-0.05, 0) is 39.2 Å². The van der Waals surface area contributed by atoms with Crippen molar-refractivity contribution < 1.29 is 0 Å². The molecule has 1 aliphatic rings. The number of piperidine rings is 1. The Labute approximate surface area is 166 Å². The lowest BCUT2D eigenvalue weighted by Crippen LogP contribution is -2.48. The molecular weight excluding hydrogens is 354 g/mol. The number of hydrogen-bond acceptors (Lipinski definition) is 4. The summed E-state index contributed by atoms with van der Waals surface area (Å²) in [6.07, 6.45) is 2.28. The molecule has 0 atom stereocenters. The molecule has 2 heterocycles. The van der Waals surface area contributed by atoms with E-state index in [1.165, 1.54) is 16.0 Å². The first-order chi connectivity index (χ1) is 13.0. The van der Waals surface area contributed by atoms with Crippen LogP contribution in [0.25, 0.3) is 0 Å². The van der Waals surface area contributed by atoms with Gasteiger partial charge in [0.05, 0.1) is 12.2 Å². The number of guanidine groups is 1. The highest BCUT2D eigenvalue weighted by Crippen LogP contribution is 2.17. The van der Waals surface area contributed by atoms with Crippen molar-refractivity contribution in [1.82, 2.24) is 20.5 Å². The van der Waals surface area contributed by atoms with Crippen molar-refractivity contribution in [2.24, 2.45) is 4.99 Å². The zero-order chi connectivity index (χ0) is 19.2. The van der Waals surface area contributed by atoms with E-state index in [9.17, 15) is 0 Å². The maximum absolute atomic E-state index is 4.59. The summed E-state index contributed by atoms with van der Waals surface area (Å²) < 4.78 is 0. The zero-order valence-electron chi connectivity index (χ0n) is 16.9. The van der Waals surface area contributed by atoms with Crippen LogP contribution >= 0.6 is 11.3 Å². The first kappa shape index (κ1) is 19.8. The Morgan fingerprint density at radius 3 is 2.67 bits per heavy atom. The topological polar surface area (TPSA) is 52.6 Å². The number of aryl methyl sites for hydroxylation is 3. The van der Waals surface area contributed by atoms with Crippen LogP contribution in [0.5, 0.6) is 0 Å². The third-order valence-electron chi connectivity index (χ3n) is 5.12. The van der Waals surface area contributed by atoms with E-state index in [2.05, 4.69) is 70.5 Å². The molecule has 0 radical (unpaired) electrons. The van der Waals surface area contributed by atoms with E-state index in [1.807, 2.05) is 7.05 Å². The molecular formula is C21H31N5S. The van der Waals surface area contributed by atoms with Gasteiger partial charge in [0.1, 0.15) is 5.01 Å². The van der Waals surface area contributed by atoms with Crippen molar-refractivity contribution in [2.75, 3.05) is 20.1 Å². The number of benzene rings is 1. The lowest BCUT2D eigenvalue weighted by atomic mass is 10.0. The Morgan fingerprint density at radius 1 is 1.26 bits per heavy atom. The third kappa shape index (κ3) is 5.78. The maximum atomic E-state index is 4.59. The molecule has 1 fully saturated rings. The minimum absolute atomic E-state index is 0.477. The van der Waals surface area contributed by atoms with Crippen LogP contribution in [0, 0.1) is 20.8 Å². The number of thiazole rings is 1. The lowest BCUT2D eigenvalue weighted by molar-refractivity contribution is 0.198. The van der Waals surface area contributed by atoms with Crippen molar-refractivity contribution in [3.63, 3.8) is 0 Å². The first-order valence-electron chi connectivity index (χ1n) is 9.71. The van der Waals surface area contributed by atoms with Crippen LogP contribution in [0.2, 0.25) is 0 Å². The van der Waals surface area contributed by atoms with E-state index >= 15 is 0 Å². The fourth-order valence-electron chi connectivity index (χ4n) is 3.47. The van der Waals surface area contributed by atoms with Crippen molar-refractivity contribution in [2.45, 2.75) is 52.7 Å². The molecule has 0 amide bonds. The molecule has 0 aliphatic carbocycles. The van der Waals surface area contributed by atoms with E-state index in [0.717, 1.165) is 55.7 Å². The summed E-state index contributed by atoms with van der Waals surface area (Å²) >= 11 is 1.75. The molecule has 3 rings (SSSR count). The summed E-state index contributed by atoms with van der Waals surface area (Å²) in [6.45, 7) is 10.4. The molecule has 2 N–H and O–H groups in total. The number of hydrogen-bond donors (Lipinski definition) is 2. The van der Waals surface area contributed by atoms with Crippen LogP contribution in [-0.4, -0.2) is 42.0 Å². The highest BCUT2D eigenvalue weighted by molar-refractivity contribution is 7.11. The van der Waals surface area contributed by atoms with E-state index in [4.69, 9.17) is 0 Å². The van der Waals surface area contributed by atoms with Crippen molar-refractivity contribution >= 4 is 17.3 Å². The molecule has 0 spiro atoms. The lowest BCUT2D eigenvalue weighted by Gasteiger charge is -2.33. The molecule has 1 aromatic heterocycles. The second kappa shape index (κ2) is 9.33. The Hall–Kier alpha value is -1.92. The summed E-state index contributed by atoms with van der Waals surface area (Å²) in [5, 5.41) is 8.10. The molecule has 6 heteroatoms. The van der Waals surface area contributed by atoms with Crippen LogP contribution in [0.3, 0.4) is 0 Å². The van der Waals surface area contributed by atoms with Crippen LogP contribution in [-0.2, 0) is 13.1 Å². The summed E-state index contributed by atoms with van der Waals surface area (Å²) in [7, 11) is 1.83. The Bertz CT molecular complexity index is 755. The standard InChI is InChI=1S/C21H31N5S/c1-15-6-5-7-18(12-15)14-26-10-8-19(9-11-26)25-21(22-4)23-13-20-24-16(2)17(3)27-20/h5-7,12,19H,8-11,13-14H2,1-4H3,(H2,22,23,25). The Kier molecular flexibility index (Phi) is 6.85. The zero-order valence-corrected chi connectivity index (χ0v) is 17.7. The van der Waals surface area contributed by atoms with E-state index in [1.54, 1.807) is 11.3 Å². The van der Waals surface area contributed by atoms with Gasteiger partial charge in [0.25, 0.3) is 0 Å². The SMILES string of the molecule is CN=C(NCc1nc(C)c(C)s1)NC1CCN(Cc2cccc(C)c2)CC1. The predicted octanol–water partition coefficient (Wildman–Crippen LogP) is 3.40. The highest BCUT2D eigenvalue weighted by Gasteiger charge is 2.20. The smallest absolute Gasteiger partial charge is 0.191 e. The van der Waals surface area contributed by atoms with Crippen molar-refractivity contribution in [1.29, 1.82) is 0 Å². The van der Waals surface area contributed by atoms with Gasteiger partial charge in [-0.3, -0.25) is 9.89 Å². The highest BCUT2D eigenvalue weighted by atomic mass is 32.1. The van der Waals surface area contributed by atoms with Gasteiger partial charge in [0.15, 0.2) is 5.96 Å². The van der Waals surface area contributed by atoms with Gasteiger partial charge < -0.3 is 10.6 Å². The Morgan fingerprint density at radius 2 is 2.04 bits per heavy atom. The van der Waals surface area contributed by atoms with Gasteiger partial charge in [-0.15, -0.1) is 11.3 Å². The summed E-state index contributed by atoms with van der Waals surface area (Å²) in [5.74, 6) is 0.873. The predicted molar refractivity (Wildman–Crippen MR) is 114 cm³/mol. The van der Waals surface area contributed by atoms with Crippen LogP contribution in [0.4, 0.5) is 0 Å². The quantitative estimate of drug-likeness (QED) is 0.612. The normalized spacial score (nSPS) is 16.5. The third-order valence-corrected chi connectivity index (χ3v) is 6.19. The molecule has 0 saturated carbocycles. The fraction of sp³-hybridized carbons (Fsp3) is 0.524. The molecule has 0 unspecified atom stereocenters. The Balaban J connectivity index is 1.43. The molecule has 146 valence electrons. The second-order valence-electron chi connectivity index (χ2n) is 7.36. The fourth-order valence-corrected chi connectivity index (χ4v) is 4.34. The average Bonchev–Trinajstić information content (AvgIpc) is 2.98. The van der Waals surface area contributed by atoms with E-state index in [-0.39, 0.29) is 0 Å². The number of nitrogens with one attached hydrogen (secondary N) is 2.